The fourth-order valence-corrected chi connectivity index (χ4v) is 8.05. The molecule has 0 spiro atoms. The van der Waals surface area contributed by atoms with Crippen molar-refractivity contribution < 1.29 is 27.4 Å². The average Bonchev–Trinajstić information content (AvgIpc) is 3.78. The molecule has 52 heavy (non-hydrogen) atoms. The van der Waals surface area contributed by atoms with Gasteiger partial charge in [0.15, 0.2) is 10.3 Å². The molecule has 274 valence electrons. The van der Waals surface area contributed by atoms with Crippen LogP contribution in [0.5, 0.6) is 23.0 Å². The molecule has 0 aliphatic rings. The average molecular weight is 745 g/mol. The van der Waals surface area contributed by atoms with Gasteiger partial charge in [-0.3, -0.25) is 18.4 Å². The van der Waals surface area contributed by atoms with Gasteiger partial charge < -0.3 is 28.9 Å². The summed E-state index contributed by atoms with van der Waals surface area (Å²) in [5.74, 6) is 3.44. The summed E-state index contributed by atoms with van der Waals surface area (Å²) in [6.07, 6.45) is 7.30. The lowest BCUT2D eigenvalue weighted by atomic mass is 10.1. The number of imidazole rings is 2. The van der Waals surface area contributed by atoms with Crippen LogP contribution in [-0.2, 0) is 33.1 Å². The fourth-order valence-electron chi connectivity index (χ4n) is 5.85. The molecule has 4 aromatic heterocycles. The van der Waals surface area contributed by atoms with Gasteiger partial charge in [-0.2, -0.15) is 0 Å². The van der Waals surface area contributed by atoms with Gasteiger partial charge in [0, 0.05) is 29.5 Å². The van der Waals surface area contributed by atoms with E-state index in [1.54, 1.807) is 26.6 Å². The van der Waals surface area contributed by atoms with E-state index in [1.807, 2.05) is 64.1 Å². The van der Waals surface area contributed by atoms with Crippen LogP contribution in [0.3, 0.4) is 0 Å². The summed E-state index contributed by atoms with van der Waals surface area (Å²) in [6.45, 7) is 9.09. The van der Waals surface area contributed by atoms with E-state index in [0.29, 0.717) is 35.0 Å². The van der Waals surface area contributed by atoms with Crippen molar-refractivity contribution in [3.8, 4) is 23.0 Å². The molecule has 0 saturated heterocycles. The van der Waals surface area contributed by atoms with E-state index in [-0.39, 0.29) is 11.5 Å². The number of ether oxygens (including phenoxy) is 4. The number of hydrogen-bond donors (Lipinski definition) is 2. The largest absolute Gasteiger partial charge is 0.497 e. The van der Waals surface area contributed by atoms with Crippen molar-refractivity contribution in [2.24, 2.45) is 0 Å². The van der Waals surface area contributed by atoms with Gasteiger partial charge in [-0.1, -0.05) is 0 Å². The Kier molecular flexibility index (Phi) is 11.9. The number of rotatable bonds is 17. The summed E-state index contributed by atoms with van der Waals surface area (Å²) in [4.78, 5) is 24.5. The molecule has 0 aliphatic carbocycles. The molecule has 0 fully saturated rings. The summed E-state index contributed by atoms with van der Waals surface area (Å²) in [5.41, 5.74) is 8.31. The van der Waals surface area contributed by atoms with Crippen molar-refractivity contribution in [2.75, 3.05) is 27.4 Å². The Balaban J connectivity index is 0.933. The smallest absolute Gasteiger partial charge is 0.197 e. The predicted molar refractivity (Wildman–Crippen MR) is 202 cm³/mol. The zero-order valence-corrected chi connectivity index (χ0v) is 32.0. The molecule has 4 heterocycles. The van der Waals surface area contributed by atoms with Crippen LogP contribution in [0.4, 0.5) is 0 Å². The number of aryl methyl sites for hydroxylation is 1. The third kappa shape index (κ3) is 8.45. The Morgan fingerprint density at radius 1 is 0.635 bits per heavy atom. The van der Waals surface area contributed by atoms with Gasteiger partial charge in [-0.05, 0) is 88.8 Å². The van der Waals surface area contributed by atoms with E-state index in [0.717, 1.165) is 92.9 Å². The second kappa shape index (κ2) is 16.7. The standard InChI is InChI=1S/C38H44N6O6S2/c1-23-19-39-34(22-52(46)38-42-30-14-12-28(48-6)18-32(30)44-38)26(4)36(23)50-16-10-8-7-9-15-49-35-20-40-33(24(2)25(35)3)21-51(45)37-41-29-13-11-27(47-5)17-31(29)43-37/h11-14,17-20H,7-10,15-16,21-22H2,1-6H3,(H,41,43)(H,42,44). The molecule has 14 heteroatoms. The maximum atomic E-state index is 13.2. The van der Waals surface area contributed by atoms with Crippen LogP contribution in [0.25, 0.3) is 22.1 Å². The summed E-state index contributed by atoms with van der Waals surface area (Å²) >= 11 is 0. The number of nitrogens with one attached hydrogen (secondary N) is 2. The number of nitrogens with zero attached hydrogens (tertiary/aromatic N) is 4. The minimum atomic E-state index is -1.41. The zero-order chi connectivity index (χ0) is 36.8. The lowest BCUT2D eigenvalue weighted by Gasteiger charge is -2.15. The normalized spacial score (nSPS) is 12.7. The van der Waals surface area contributed by atoms with Gasteiger partial charge >= 0.3 is 0 Å². The highest BCUT2D eigenvalue weighted by molar-refractivity contribution is 7.84. The fraction of sp³-hybridized carbons (Fsp3) is 0.368. The molecule has 6 aromatic rings. The molecule has 0 amide bonds. The topological polar surface area (TPSA) is 154 Å². The van der Waals surface area contributed by atoms with E-state index in [9.17, 15) is 8.42 Å². The highest BCUT2D eigenvalue weighted by atomic mass is 32.2. The molecule has 0 radical (unpaired) electrons. The number of hydrogen-bond acceptors (Lipinski definition) is 10. The monoisotopic (exact) mass is 744 g/mol. The predicted octanol–water partition coefficient (Wildman–Crippen LogP) is 7.11. The maximum Gasteiger partial charge on any atom is 0.197 e. The van der Waals surface area contributed by atoms with Gasteiger partial charge in [-0.15, -0.1) is 0 Å². The van der Waals surface area contributed by atoms with Crippen LogP contribution in [0.15, 0.2) is 59.1 Å². The van der Waals surface area contributed by atoms with Gasteiger partial charge in [0.1, 0.15) is 23.0 Å². The molecular weight excluding hydrogens is 701 g/mol. The Hall–Kier alpha value is -4.82. The molecule has 0 bridgehead atoms. The lowest BCUT2D eigenvalue weighted by Crippen LogP contribution is -2.07. The molecule has 0 saturated carbocycles. The number of unbranched alkanes of at least 4 members (excludes halogenated alkanes) is 3. The summed E-state index contributed by atoms with van der Waals surface area (Å²) in [5, 5.41) is 0.823. The molecule has 6 rings (SSSR count). The maximum absolute atomic E-state index is 13.2. The highest BCUT2D eigenvalue weighted by Crippen LogP contribution is 2.28. The van der Waals surface area contributed by atoms with Gasteiger partial charge in [-0.25, -0.2) is 9.97 Å². The highest BCUT2D eigenvalue weighted by Gasteiger charge is 2.18. The minimum Gasteiger partial charge on any atom is -0.497 e. The van der Waals surface area contributed by atoms with Crippen LogP contribution in [0, 0.1) is 27.7 Å². The van der Waals surface area contributed by atoms with Gasteiger partial charge in [0.2, 0.25) is 0 Å². The van der Waals surface area contributed by atoms with E-state index in [2.05, 4.69) is 29.9 Å². The first kappa shape index (κ1) is 37.0. The number of H-pyrrole nitrogens is 2. The molecule has 2 aromatic carbocycles. The van der Waals surface area contributed by atoms with Crippen molar-refractivity contribution in [1.82, 2.24) is 29.9 Å². The Labute approximate surface area is 308 Å². The molecule has 2 unspecified atom stereocenters. The summed E-state index contributed by atoms with van der Waals surface area (Å²) in [6, 6.07) is 11.0. The quantitative estimate of drug-likeness (QED) is 0.0924. The zero-order valence-electron chi connectivity index (χ0n) is 30.3. The summed E-state index contributed by atoms with van der Waals surface area (Å²) in [7, 11) is 0.428. The first-order chi connectivity index (χ1) is 25.1. The van der Waals surface area contributed by atoms with E-state index < -0.39 is 21.6 Å². The number of methoxy groups -OCH3 is 2. The number of fused-ring (bicyclic) bond motifs is 2. The number of aromatic nitrogens is 6. The van der Waals surface area contributed by atoms with Gasteiger partial charge in [0.25, 0.3) is 0 Å². The van der Waals surface area contributed by atoms with Crippen molar-refractivity contribution in [3.05, 3.63) is 82.4 Å². The number of aromatic amines is 2. The second-order valence-electron chi connectivity index (χ2n) is 12.6. The van der Waals surface area contributed by atoms with Crippen molar-refractivity contribution in [2.45, 2.75) is 75.2 Å². The first-order valence-corrected chi connectivity index (χ1v) is 19.8. The molecular formula is C38H44N6O6S2. The van der Waals surface area contributed by atoms with Crippen molar-refractivity contribution in [1.29, 1.82) is 0 Å². The lowest BCUT2D eigenvalue weighted by molar-refractivity contribution is 0.284. The summed E-state index contributed by atoms with van der Waals surface area (Å²) < 4.78 is 49.2. The van der Waals surface area contributed by atoms with E-state index >= 15 is 0 Å². The van der Waals surface area contributed by atoms with Crippen molar-refractivity contribution >= 4 is 43.7 Å². The Morgan fingerprint density at radius 2 is 1.15 bits per heavy atom. The Morgan fingerprint density at radius 3 is 1.71 bits per heavy atom. The van der Waals surface area contributed by atoms with E-state index in [4.69, 9.17) is 18.9 Å². The molecule has 0 aliphatic heterocycles. The second-order valence-corrected chi connectivity index (χ2v) is 15.3. The molecule has 2 N–H and O–H groups in total. The van der Waals surface area contributed by atoms with Gasteiger partial charge in [0.05, 0.1) is 100 Å². The van der Waals surface area contributed by atoms with Crippen LogP contribution < -0.4 is 18.9 Å². The third-order valence-corrected chi connectivity index (χ3v) is 11.4. The Bertz CT molecular complexity index is 2250. The molecule has 12 nitrogen and oxygen atoms in total. The van der Waals surface area contributed by atoms with Crippen LogP contribution in [0.1, 0.15) is 59.3 Å². The van der Waals surface area contributed by atoms with E-state index in [1.165, 1.54) is 0 Å². The van der Waals surface area contributed by atoms with Crippen LogP contribution >= 0.6 is 0 Å². The third-order valence-electron chi connectivity index (χ3n) is 9.09. The number of pyridine rings is 2. The minimum absolute atomic E-state index is 0.231. The number of benzene rings is 2. The SMILES string of the molecule is COc1ccc2nc(S(=O)Cc3ncc(OCCCCCCOc4c(C)cnc(CS(=O)c5nc6ccc(OC)cc6[nH]5)c4C)c(C)c3C)[nH]c2c1. The van der Waals surface area contributed by atoms with Crippen molar-refractivity contribution in [3.63, 3.8) is 0 Å². The first-order valence-electron chi connectivity index (χ1n) is 17.1. The van der Waals surface area contributed by atoms with Crippen LogP contribution in [0.2, 0.25) is 0 Å². The molecule has 2 atom stereocenters. The van der Waals surface area contributed by atoms with Crippen LogP contribution in [-0.4, -0.2) is 65.8 Å².